The van der Waals surface area contributed by atoms with Crippen molar-refractivity contribution >= 4 is 29.6 Å². The SMILES string of the molecule is C[C@H](N)C(=O)N[C@@H](Cc1ccccc1)C(=O)NCC(=O)N1CCC[C@H]1C(=O)N[C@@H](C)C(=O)O. The maximum absolute atomic E-state index is 12.8. The Morgan fingerprint density at radius 2 is 1.76 bits per heavy atom. The Hall–Kier alpha value is -3.47. The third-order valence-electron chi connectivity index (χ3n) is 5.35. The van der Waals surface area contributed by atoms with Gasteiger partial charge in [0.15, 0.2) is 0 Å². The first-order chi connectivity index (χ1) is 15.6. The van der Waals surface area contributed by atoms with Crippen LogP contribution in [0.1, 0.15) is 32.3 Å². The summed E-state index contributed by atoms with van der Waals surface area (Å²) in [6.07, 6.45) is 1.19. The lowest BCUT2D eigenvalue weighted by molar-refractivity contribution is -0.143. The number of likely N-dealkylation sites (tertiary alicyclic amines) is 1. The van der Waals surface area contributed by atoms with Gasteiger partial charge in [-0.1, -0.05) is 30.3 Å². The second-order valence-electron chi connectivity index (χ2n) is 8.07. The minimum Gasteiger partial charge on any atom is -0.480 e. The number of nitrogens with one attached hydrogen (secondary N) is 3. The zero-order valence-electron chi connectivity index (χ0n) is 18.7. The van der Waals surface area contributed by atoms with Gasteiger partial charge in [0.05, 0.1) is 12.6 Å². The van der Waals surface area contributed by atoms with Crippen LogP contribution in [-0.4, -0.2) is 76.9 Å². The van der Waals surface area contributed by atoms with Crippen molar-refractivity contribution in [3.63, 3.8) is 0 Å². The molecule has 4 atom stereocenters. The van der Waals surface area contributed by atoms with Crippen molar-refractivity contribution in [2.45, 2.75) is 57.3 Å². The van der Waals surface area contributed by atoms with Crippen LogP contribution in [0.3, 0.4) is 0 Å². The average molecular weight is 462 g/mol. The van der Waals surface area contributed by atoms with E-state index < -0.39 is 53.8 Å². The Morgan fingerprint density at radius 1 is 1.09 bits per heavy atom. The van der Waals surface area contributed by atoms with E-state index in [1.807, 2.05) is 30.3 Å². The predicted molar refractivity (Wildman–Crippen MR) is 119 cm³/mol. The first-order valence-corrected chi connectivity index (χ1v) is 10.8. The van der Waals surface area contributed by atoms with Crippen LogP contribution in [0.15, 0.2) is 30.3 Å². The molecule has 1 aromatic rings. The van der Waals surface area contributed by atoms with Gasteiger partial charge < -0.3 is 31.7 Å². The van der Waals surface area contributed by atoms with Gasteiger partial charge in [-0.15, -0.1) is 0 Å². The minimum absolute atomic E-state index is 0.209. The summed E-state index contributed by atoms with van der Waals surface area (Å²) in [5.41, 5.74) is 6.42. The summed E-state index contributed by atoms with van der Waals surface area (Å²) in [5, 5.41) is 16.5. The summed E-state index contributed by atoms with van der Waals surface area (Å²) in [4.78, 5) is 62.3. The second-order valence-corrected chi connectivity index (χ2v) is 8.07. The lowest BCUT2D eigenvalue weighted by atomic mass is 10.0. The highest BCUT2D eigenvalue weighted by atomic mass is 16.4. The predicted octanol–water partition coefficient (Wildman–Crippen LogP) is -1.24. The van der Waals surface area contributed by atoms with Gasteiger partial charge >= 0.3 is 5.97 Å². The van der Waals surface area contributed by atoms with Crippen LogP contribution in [0.2, 0.25) is 0 Å². The van der Waals surface area contributed by atoms with E-state index in [0.717, 1.165) is 5.56 Å². The highest BCUT2D eigenvalue weighted by Crippen LogP contribution is 2.17. The third kappa shape index (κ3) is 7.56. The monoisotopic (exact) mass is 461 g/mol. The molecule has 1 heterocycles. The average Bonchev–Trinajstić information content (AvgIpc) is 3.27. The molecule has 0 saturated carbocycles. The van der Waals surface area contributed by atoms with E-state index in [0.29, 0.717) is 19.4 Å². The van der Waals surface area contributed by atoms with Gasteiger partial charge in [0.25, 0.3) is 0 Å². The molecule has 6 N–H and O–H groups in total. The molecule has 1 aromatic carbocycles. The first-order valence-electron chi connectivity index (χ1n) is 10.8. The first kappa shape index (κ1) is 25.8. The standard InChI is InChI=1S/C22H31N5O6/c1-13(23)19(29)26-16(11-15-7-4-3-5-8-15)20(30)24-12-18(28)27-10-6-9-17(27)21(31)25-14(2)22(32)33/h3-5,7-8,13-14,16-17H,6,9-12,23H2,1-2H3,(H,24,30)(H,25,31)(H,26,29)(H,32,33)/t13-,14-,16-,17-/m0/s1. The van der Waals surface area contributed by atoms with Crippen LogP contribution in [0, 0.1) is 0 Å². The van der Waals surface area contributed by atoms with Crippen molar-refractivity contribution in [2.75, 3.05) is 13.1 Å². The molecule has 0 aromatic heterocycles. The Balaban J connectivity index is 1.99. The summed E-state index contributed by atoms with van der Waals surface area (Å²) in [6, 6.07) is 5.45. The molecule has 1 aliphatic rings. The van der Waals surface area contributed by atoms with E-state index in [-0.39, 0.29) is 13.0 Å². The molecule has 1 aliphatic heterocycles. The van der Waals surface area contributed by atoms with Crippen molar-refractivity contribution in [2.24, 2.45) is 5.73 Å². The van der Waals surface area contributed by atoms with Crippen LogP contribution < -0.4 is 21.7 Å². The molecule has 11 heteroatoms. The maximum Gasteiger partial charge on any atom is 0.325 e. The summed E-state index contributed by atoms with van der Waals surface area (Å²) >= 11 is 0. The van der Waals surface area contributed by atoms with Crippen LogP contribution in [0.5, 0.6) is 0 Å². The largest absolute Gasteiger partial charge is 0.480 e. The van der Waals surface area contributed by atoms with Gasteiger partial charge in [-0.05, 0) is 32.3 Å². The lowest BCUT2D eigenvalue weighted by Gasteiger charge is -2.25. The number of amides is 4. The molecule has 2 rings (SSSR count). The topological polar surface area (TPSA) is 171 Å². The van der Waals surface area contributed by atoms with E-state index in [2.05, 4.69) is 16.0 Å². The highest BCUT2D eigenvalue weighted by molar-refractivity contribution is 5.94. The van der Waals surface area contributed by atoms with Crippen LogP contribution in [0.25, 0.3) is 0 Å². The Kier molecular flexibility index (Phi) is 9.34. The van der Waals surface area contributed by atoms with Crippen LogP contribution in [0.4, 0.5) is 0 Å². The summed E-state index contributed by atoms with van der Waals surface area (Å²) in [5.74, 6) is -3.25. The van der Waals surface area contributed by atoms with E-state index in [4.69, 9.17) is 10.8 Å². The van der Waals surface area contributed by atoms with E-state index in [1.165, 1.54) is 18.7 Å². The minimum atomic E-state index is -1.18. The molecule has 0 spiro atoms. The number of nitrogens with zero attached hydrogens (tertiary/aromatic N) is 1. The van der Waals surface area contributed by atoms with Crippen LogP contribution in [-0.2, 0) is 30.4 Å². The zero-order valence-corrected chi connectivity index (χ0v) is 18.7. The molecule has 1 saturated heterocycles. The number of carboxylic acid groups (broad SMARTS) is 1. The molecular formula is C22H31N5O6. The van der Waals surface area contributed by atoms with Gasteiger partial charge in [0.2, 0.25) is 23.6 Å². The van der Waals surface area contributed by atoms with Gasteiger partial charge in [0, 0.05) is 13.0 Å². The number of carbonyl (C=O) groups excluding carboxylic acids is 4. The molecular weight excluding hydrogens is 430 g/mol. The molecule has 11 nitrogen and oxygen atoms in total. The fourth-order valence-corrected chi connectivity index (χ4v) is 3.46. The molecule has 0 bridgehead atoms. The summed E-state index contributed by atoms with van der Waals surface area (Å²) < 4.78 is 0. The molecule has 4 amide bonds. The Labute approximate surface area is 192 Å². The van der Waals surface area contributed by atoms with Gasteiger partial charge in [0.1, 0.15) is 18.1 Å². The van der Waals surface area contributed by atoms with E-state index in [1.54, 1.807) is 0 Å². The normalized spacial score (nSPS) is 18.0. The smallest absolute Gasteiger partial charge is 0.325 e. The highest BCUT2D eigenvalue weighted by Gasteiger charge is 2.35. The van der Waals surface area contributed by atoms with Crippen molar-refractivity contribution in [3.05, 3.63) is 35.9 Å². The number of hydrogen-bond acceptors (Lipinski definition) is 6. The number of nitrogens with two attached hydrogens (primary N) is 1. The van der Waals surface area contributed by atoms with Gasteiger partial charge in [-0.2, -0.15) is 0 Å². The fourth-order valence-electron chi connectivity index (χ4n) is 3.46. The van der Waals surface area contributed by atoms with Crippen molar-refractivity contribution in [3.8, 4) is 0 Å². The Morgan fingerprint density at radius 3 is 2.36 bits per heavy atom. The molecule has 180 valence electrons. The molecule has 0 unspecified atom stereocenters. The van der Waals surface area contributed by atoms with Gasteiger partial charge in [-0.3, -0.25) is 24.0 Å². The number of hydrogen-bond donors (Lipinski definition) is 5. The third-order valence-corrected chi connectivity index (χ3v) is 5.35. The van der Waals surface area contributed by atoms with Crippen LogP contribution >= 0.6 is 0 Å². The van der Waals surface area contributed by atoms with Crippen molar-refractivity contribution in [1.82, 2.24) is 20.9 Å². The van der Waals surface area contributed by atoms with E-state index >= 15 is 0 Å². The number of benzene rings is 1. The molecule has 1 fully saturated rings. The summed E-state index contributed by atoms with van der Waals surface area (Å²) in [6.45, 7) is 2.80. The number of carboxylic acids is 1. The quantitative estimate of drug-likeness (QED) is 0.290. The second kappa shape index (κ2) is 12.0. The fraction of sp³-hybridized carbons (Fsp3) is 0.500. The lowest BCUT2D eigenvalue weighted by Crippen LogP contribution is -2.54. The number of carbonyl (C=O) groups is 5. The molecule has 33 heavy (non-hydrogen) atoms. The van der Waals surface area contributed by atoms with Crippen molar-refractivity contribution in [1.29, 1.82) is 0 Å². The molecule has 0 radical (unpaired) electrons. The van der Waals surface area contributed by atoms with E-state index in [9.17, 15) is 24.0 Å². The Bertz CT molecular complexity index is 875. The zero-order chi connectivity index (χ0) is 24.5. The number of aliphatic carboxylic acids is 1. The summed E-state index contributed by atoms with van der Waals surface area (Å²) in [7, 11) is 0. The van der Waals surface area contributed by atoms with Gasteiger partial charge in [-0.25, -0.2) is 0 Å². The number of rotatable bonds is 10. The van der Waals surface area contributed by atoms with Crippen molar-refractivity contribution < 1.29 is 29.1 Å². The maximum atomic E-state index is 12.8. The molecule has 0 aliphatic carbocycles.